The van der Waals surface area contributed by atoms with Gasteiger partial charge in [-0.2, -0.15) is 10.2 Å². The van der Waals surface area contributed by atoms with Gasteiger partial charge < -0.3 is 15.2 Å². The molecule has 5 aromatic rings. The van der Waals surface area contributed by atoms with E-state index in [-0.39, 0.29) is 5.91 Å². The predicted octanol–water partition coefficient (Wildman–Crippen LogP) is 2.43. The van der Waals surface area contributed by atoms with Gasteiger partial charge in [0, 0.05) is 18.7 Å². The van der Waals surface area contributed by atoms with Crippen molar-refractivity contribution in [3.8, 4) is 5.69 Å². The van der Waals surface area contributed by atoms with E-state index < -0.39 is 0 Å². The van der Waals surface area contributed by atoms with E-state index in [9.17, 15) is 4.79 Å². The number of amides is 1. The Bertz CT molecular complexity index is 1500. The van der Waals surface area contributed by atoms with E-state index in [0.29, 0.717) is 23.6 Å². The summed E-state index contributed by atoms with van der Waals surface area (Å²) >= 11 is 0. The Hall–Kier alpha value is -4.64. The Kier molecular flexibility index (Phi) is 6.14. The quantitative estimate of drug-likeness (QED) is 0.236. The lowest BCUT2D eigenvalue weighted by molar-refractivity contribution is 0.0951. The molecule has 3 heterocycles. The molecule has 176 valence electrons. The zero-order valence-electron chi connectivity index (χ0n) is 19.3. The molecule has 1 amide bonds. The minimum atomic E-state index is -0.0978. The SMILES string of the molecule is CN(C)CCNC(=O)c1ccc(/C=N/Nc2ncnc3c2cnn3-c2cccc3[nH]cnc23)cc1. The minimum absolute atomic E-state index is 0.0978. The zero-order chi connectivity index (χ0) is 24.2. The Balaban J connectivity index is 1.30. The van der Waals surface area contributed by atoms with Crippen LogP contribution < -0.4 is 10.7 Å². The zero-order valence-corrected chi connectivity index (χ0v) is 19.3. The lowest BCUT2D eigenvalue weighted by Gasteiger charge is -2.10. The molecule has 0 aliphatic rings. The number of hydrazone groups is 1. The number of nitrogens with one attached hydrogen (secondary N) is 3. The molecule has 0 spiro atoms. The summed E-state index contributed by atoms with van der Waals surface area (Å²) in [6.07, 6.45) is 6.48. The summed E-state index contributed by atoms with van der Waals surface area (Å²) in [7, 11) is 3.93. The Labute approximate surface area is 200 Å². The normalized spacial score (nSPS) is 11.6. The number of likely N-dealkylation sites (N-methyl/N-ethyl adjacent to an activating group) is 1. The average Bonchev–Trinajstić information content (AvgIpc) is 3.52. The van der Waals surface area contributed by atoms with Gasteiger partial charge in [-0.05, 0) is 43.9 Å². The van der Waals surface area contributed by atoms with Crippen molar-refractivity contribution in [3.63, 3.8) is 0 Å². The number of imidazole rings is 1. The predicted molar refractivity (Wildman–Crippen MR) is 135 cm³/mol. The van der Waals surface area contributed by atoms with Gasteiger partial charge in [0.25, 0.3) is 5.91 Å². The van der Waals surface area contributed by atoms with Crippen LogP contribution in [-0.4, -0.2) is 73.9 Å². The van der Waals surface area contributed by atoms with Crippen molar-refractivity contribution in [1.82, 2.24) is 39.9 Å². The van der Waals surface area contributed by atoms with Crippen LogP contribution in [0.5, 0.6) is 0 Å². The summed E-state index contributed by atoms with van der Waals surface area (Å²) < 4.78 is 1.73. The molecular weight excluding hydrogens is 444 g/mol. The highest BCUT2D eigenvalue weighted by Crippen LogP contribution is 2.25. The number of carbonyl (C=O) groups is 1. The molecule has 0 saturated carbocycles. The van der Waals surface area contributed by atoms with Gasteiger partial charge in [-0.25, -0.2) is 19.6 Å². The second-order valence-corrected chi connectivity index (χ2v) is 8.14. The van der Waals surface area contributed by atoms with E-state index in [2.05, 4.69) is 40.9 Å². The number of fused-ring (bicyclic) bond motifs is 2. The van der Waals surface area contributed by atoms with Crippen LogP contribution in [0.2, 0.25) is 0 Å². The third kappa shape index (κ3) is 4.70. The number of H-pyrrole nitrogens is 1. The Morgan fingerprint density at radius 1 is 1.14 bits per heavy atom. The van der Waals surface area contributed by atoms with Crippen molar-refractivity contribution in [2.24, 2.45) is 5.10 Å². The Morgan fingerprint density at radius 3 is 2.83 bits per heavy atom. The lowest BCUT2D eigenvalue weighted by Crippen LogP contribution is -2.31. The molecule has 11 heteroatoms. The molecule has 35 heavy (non-hydrogen) atoms. The van der Waals surface area contributed by atoms with Gasteiger partial charge in [-0.3, -0.25) is 10.2 Å². The molecule has 0 unspecified atom stereocenters. The standard InChI is InChI=1S/C24H24N10O/c1-33(2)11-10-25-24(35)17-8-6-16(7-9-17)12-30-32-22-18-13-31-34(23(18)29-15-28-22)20-5-3-4-19-21(20)27-14-26-19/h3-9,12-15H,10-11H2,1-2H3,(H,25,35)(H,26,27)(H,28,29,32)/b30-12+. The molecule has 11 nitrogen and oxygen atoms in total. The fraction of sp³-hybridized carbons (Fsp3) is 0.167. The van der Waals surface area contributed by atoms with E-state index in [1.165, 1.54) is 6.33 Å². The maximum Gasteiger partial charge on any atom is 0.251 e. The number of hydrogen-bond acceptors (Lipinski definition) is 8. The third-order valence-electron chi connectivity index (χ3n) is 5.42. The number of aromatic nitrogens is 6. The summed E-state index contributed by atoms with van der Waals surface area (Å²) in [6.45, 7) is 1.38. The van der Waals surface area contributed by atoms with Crippen LogP contribution in [0.3, 0.4) is 0 Å². The number of anilines is 1. The van der Waals surface area contributed by atoms with Gasteiger partial charge in [0.2, 0.25) is 0 Å². The van der Waals surface area contributed by atoms with E-state index in [1.807, 2.05) is 49.3 Å². The number of rotatable bonds is 8. The molecule has 0 aliphatic heterocycles. The lowest BCUT2D eigenvalue weighted by atomic mass is 10.1. The first-order chi connectivity index (χ1) is 17.1. The van der Waals surface area contributed by atoms with Crippen LogP contribution in [0.4, 0.5) is 5.82 Å². The monoisotopic (exact) mass is 468 g/mol. The summed E-state index contributed by atoms with van der Waals surface area (Å²) in [5, 5.41) is 12.4. The van der Waals surface area contributed by atoms with Crippen LogP contribution >= 0.6 is 0 Å². The summed E-state index contributed by atoms with van der Waals surface area (Å²) in [6, 6.07) is 13.1. The van der Waals surface area contributed by atoms with Crippen LogP contribution in [-0.2, 0) is 0 Å². The first kappa shape index (κ1) is 22.2. The van der Waals surface area contributed by atoms with E-state index in [4.69, 9.17) is 0 Å². The van der Waals surface area contributed by atoms with Crippen molar-refractivity contribution < 1.29 is 4.79 Å². The molecule has 0 radical (unpaired) electrons. The summed E-state index contributed by atoms with van der Waals surface area (Å²) in [5.74, 6) is 0.433. The number of para-hydroxylation sites is 1. The van der Waals surface area contributed by atoms with Gasteiger partial charge in [0.05, 0.1) is 35.3 Å². The maximum atomic E-state index is 12.2. The maximum absolute atomic E-state index is 12.2. The van der Waals surface area contributed by atoms with Crippen LogP contribution in [0.15, 0.2) is 66.4 Å². The second-order valence-electron chi connectivity index (χ2n) is 8.14. The number of aromatic amines is 1. The van der Waals surface area contributed by atoms with Crippen LogP contribution in [0.1, 0.15) is 15.9 Å². The van der Waals surface area contributed by atoms with Gasteiger partial charge in [-0.15, -0.1) is 0 Å². The van der Waals surface area contributed by atoms with E-state index >= 15 is 0 Å². The van der Waals surface area contributed by atoms with Crippen molar-refractivity contribution in [3.05, 3.63) is 72.4 Å². The smallest absolute Gasteiger partial charge is 0.251 e. The number of hydrogen-bond donors (Lipinski definition) is 3. The third-order valence-corrected chi connectivity index (χ3v) is 5.42. The summed E-state index contributed by atoms with van der Waals surface area (Å²) in [5.41, 5.74) is 7.59. The molecule has 0 aliphatic carbocycles. The molecular formula is C24H24N10O. The van der Waals surface area contributed by atoms with Gasteiger partial charge in [-0.1, -0.05) is 18.2 Å². The molecule has 3 N–H and O–H groups in total. The van der Waals surface area contributed by atoms with Crippen LogP contribution in [0, 0.1) is 0 Å². The van der Waals surface area contributed by atoms with Crippen molar-refractivity contribution in [1.29, 1.82) is 0 Å². The van der Waals surface area contributed by atoms with E-state index in [1.54, 1.807) is 35.6 Å². The fourth-order valence-electron chi connectivity index (χ4n) is 3.61. The van der Waals surface area contributed by atoms with Gasteiger partial charge >= 0.3 is 0 Å². The summed E-state index contributed by atoms with van der Waals surface area (Å²) in [4.78, 5) is 30.5. The first-order valence-corrected chi connectivity index (χ1v) is 11.0. The highest BCUT2D eigenvalue weighted by molar-refractivity contribution is 5.95. The fourth-order valence-corrected chi connectivity index (χ4v) is 3.61. The van der Waals surface area contributed by atoms with Crippen molar-refractivity contribution >= 4 is 40.0 Å². The van der Waals surface area contributed by atoms with Crippen molar-refractivity contribution in [2.45, 2.75) is 0 Å². The number of benzene rings is 2. The highest BCUT2D eigenvalue weighted by atomic mass is 16.1. The molecule has 3 aromatic heterocycles. The first-order valence-electron chi connectivity index (χ1n) is 11.0. The van der Waals surface area contributed by atoms with Crippen molar-refractivity contribution in [2.75, 3.05) is 32.6 Å². The number of carbonyl (C=O) groups excluding carboxylic acids is 1. The minimum Gasteiger partial charge on any atom is -0.351 e. The van der Waals surface area contributed by atoms with Crippen LogP contribution in [0.25, 0.3) is 27.8 Å². The highest BCUT2D eigenvalue weighted by Gasteiger charge is 2.14. The average molecular weight is 469 g/mol. The van der Waals surface area contributed by atoms with Gasteiger partial charge in [0.1, 0.15) is 11.8 Å². The largest absolute Gasteiger partial charge is 0.351 e. The number of nitrogens with zero attached hydrogens (tertiary/aromatic N) is 7. The van der Waals surface area contributed by atoms with Gasteiger partial charge in [0.15, 0.2) is 11.5 Å². The Morgan fingerprint density at radius 2 is 2.00 bits per heavy atom. The molecule has 0 bridgehead atoms. The molecule has 0 atom stereocenters. The van der Waals surface area contributed by atoms with E-state index in [0.717, 1.165) is 34.2 Å². The molecule has 5 rings (SSSR count). The second kappa shape index (κ2) is 9.69. The topological polar surface area (TPSA) is 129 Å². The molecule has 0 fully saturated rings. The molecule has 2 aromatic carbocycles. The molecule has 0 saturated heterocycles.